The third-order valence-corrected chi connectivity index (χ3v) is 7.68. The summed E-state index contributed by atoms with van der Waals surface area (Å²) < 4.78 is 0. The van der Waals surface area contributed by atoms with E-state index < -0.39 is 5.97 Å². The summed E-state index contributed by atoms with van der Waals surface area (Å²) in [7, 11) is 0. The molecule has 1 fully saturated rings. The minimum absolute atomic E-state index is 0.170. The molecule has 1 N–H and O–H groups in total. The summed E-state index contributed by atoms with van der Waals surface area (Å²) in [6.45, 7) is 2.92. The van der Waals surface area contributed by atoms with E-state index in [4.69, 9.17) is 4.98 Å². The normalized spacial score (nSPS) is 18.3. The zero-order chi connectivity index (χ0) is 25.8. The SMILES string of the molecule is Cc1cccc(N2C(c3ccnc4ccccc34)C(N3C=CCc4ccc(C(=O)O)cc43)=C3CCCN32)n1. The average molecular weight is 502 g/mol. The van der Waals surface area contributed by atoms with Gasteiger partial charge in [0.05, 0.1) is 22.5 Å². The molecule has 5 heterocycles. The van der Waals surface area contributed by atoms with E-state index in [0.29, 0.717) is 5.56 Å². The van der Waals surface area contributed by atoms with Crippen LogP contribution < -0.4 is 9.91 Å². The van der Waals surface area contributed by atoms with E-state index in [1.54, 1.807) is 6.07 Å². The molecule has 0 amide bonds. The lowest BCUT2D eigenvalue weighted by Crippen LogP contribution is -2.39. The van der Waals surface area contributed by atoms with Crippen LogP contribution in [0, 0.1) is 6.92 Å². The summed E-state index contributed by atoms with van der Waals surface area (Å²) in [4.78, 5) is 23.7. The molecular weight excluding hydrogens is 474 g/mol. The number of aryl methyl sites for hydroxylation is 1. The van der Waals surface area contributed by atoms with Gasteiger partial charge in [0.1, 0.15) is 11.9 Å². The van der Waals surface area contributed by atoms with Gasteiger partial charge in [-0.2, -0.15) is 0 Å². The average Bonchev–Trinajstić information content (AvgIpc) is 3.53. The van der Waals surface area contributed by atoms with Crippen molar-refractivity contribution in [2.45, 2.75) is 32.2 Å². The summed E-state index contributed by atoms with van der Waals surface area (Å²) in [5.74, 6) is -0.0260. The molecule has 0 spiro atoms. The Balaban J connectivity index is 1.49. The first-order valence-corrected chi connectivity index (χ1v) is 13.0. The van der Waals surface area contributed by atoms with Gasteiger partial charge in [0, 0.05) is 35.7 Å². The van der Waals surface area contributed by atoms with Gasteiger partial charge >= 0.3 is 5.97 Å². The van der Waals surface area contributed by atoms with Crippen LogP contribution in [-0.2, 0) is 6.42 Å². The minimum atomic E-state index is -0.920. The molecule has 1 atom stereocenters. The van der Waals surface area contributed by atoms with E-state index in [0.717, 1.165) is 70.7 Å². The zero-order valence-electron chi connectivity index (χ0n) is 21.1. The van der Waals surface area contributed by atoms with Crippen molar-refractivity contribution in [3.05, 3.63) is 119 Å². The molecule has 7 rings (SSSR count). The first kappa shape index (κ1) is 22.5. The molecule has 1 unspecified atom stereocenters. The van der Waals surface area contributed by atoms with Gasteiger partial charge in [-0.25, -0.2) is 9.78 Å². The number of allylic oxidation sites excluding steroid dienone is 2. The third-order valence-electron chi connectivity index (χ3n) is 7.68. The van der Waals surface area contributed by atoms with Crippen molar-refractivity contribution in [3.63, 3.8) is 0 Å². The summed E-state index contributed by atoms with van der Waals surface area (Å²) >= 11 is 0. The van der Waals surface area contributed by atoms with Crippen LogP contribution in [-0.4, -0.2) is 32.6 Å². The van der Waals surface area contributed by atoms with Gasteiger partial charge in [0.25, 0.3) is 0 Å². The topological polar surface area (TPSA) is 72.8 Å². The number of benzene rings is 2. The maximum Gasteiger partial charge on any atom is 0.335 e. The highest BCUT2D eigenvalue weighted by Crippen LogP contribution is 2.50. The van der Waals surface area contributed by atoms with Crippen molar-refractivity contribution >= 4 is 28.4 Å². The number of aromatic nitrogens is 2. The number of para-hydroxylation sites is 1. The Kier molecular flexibility index (Phi) is 5.18. The lowest BCUT2D eigenvalue weighted by atomic mass is 9.95. The van der Waals surface area contributed by atoms with Gasteiger partial charge in [-0.15, -0.1) is 0 Å². The van der Waals surface area contributed by atoms with Crippen LogP contribution in [0.5, 0.6) is 0 Å². The van der Waals surface area contributed by atoms with Crippen LogP contribution in [0.4, 0.5) is 11.5 Å². The molecule has 188 valence electrons. The summed E-state index contributed by atoms with van der Waals surface area (Å²) in [6.07, 6.45) is 8.90. The van der Waals surface area contributed by atoms with Crippen LogP contribution in [0.25, 0.3) is 10.9 Å². The minimum Gasteiger partial charge on any atom is -0.478 e. The second-order valence-corrected chi connectivity index (χ2v) is 9.97. The fraction of sp³-hybridized carbons (Fsp3) is 0.194. The van der Waals surface area contributed by atoms with Crippen molar-refractivity contribution in [1.82, 2.24) is 15.0 Å². The predicted octanol–water partition coefficient (Wildman–Crippen LogP) is 6.00. The predicted molar refractivity (Wildman–Crippen MR) is 148 cm³/mol. The number of pyridine rings is 2. The number of hydrogen-bond donors (Lipinski definition) is 1. The van der Waals surface area contributed by atoms with Crippen LogP contribution in [0.3, 0.4) is 0 Å². The zero-order valence-corrected chi connectivity index (χ0v) is 21.1. The number of rotatable bonds is 4. The van der Waals surface area contributed by atoms with E-state index >= 15 is 0 Å². The Morgan fingerprint density at radius 3 is 2.82 bits per heavy atom. The van der Waals surface area contributed by atoms with E-state index in [2.05, 4.69) is 62.5 Å². The number of aromatic carboxylic acids is 1. The standard InChI is InChI=1S/C31H27N5O2/c1-20-7-4-12-28(33-20)36-29(24-15-16-32-25-10-3-2-9-23(24)25)30(26-11-6-18-35(26)36)34-17-5-8-21-13-14-22(31(37)38)19-27(21)34/h2-5,7,9-10,12-17,19,29H,6,8,11,18H2,1H3,(H,37,38). The Labute approximate surface area is 220 Å². The third kappa shape index (κ3) is 3.46. The summed E-state index contributed by atoms with van der Waals surface area (Å²) in [5.41, 5.74) is 7.76. The monoisotopic (exact) mass is 501 g/mol. The largest absolute Gasteiger partial charge is 0.478 e. The van der Waals surface area contributed by atoms with Crippen LogP contribution >= 0.6 is 0 Å². The summed E-state index contributed by atoms with van der Waals surface area (Å²) in [6, 6.07) is 21.8. The smallest absolute Gasteiger partial charge is 0.335 e. The quantitative estimate of drug-likeness (QED) is 0.368. The summed E-state index contributed by atoms with van der Waals surface area (Å²) in [5, 5.41) is 15.6. The Hall–Kier alpha value is -4.65. The van der Waals surface area contributed by atoms with Crippen LogP contribution in [0.1, 0.15) is 46.1 Å². The highest BCUT2D eigenvalue weighted by Gasteiger charge is 2.46. The number of hydrazine groups is 1. The Morgan fingerprint density at radius 2 is 1.95 bits per heavy atom. The van der Waals surface area contributed by atoms with Crippen molar-refractivity contribution in [2.24, 2.45) is 0 Å². The highest BCUT2D eigenvalue weighted by molar-refractivity contribution is 5.90. The molecule has 0 aliphatic carbocycles. The Bertz CT molecular complexity index is 1650. The molecule has 0 radical (unpaired) electrons. The Morgan fingerprint density at radius 1 is 1.05 bits per heavy atom. The van der Waals surface area contributed by atoms with E-state index in [1.165, 1.54) is 5.70 Å². The van der Waals surface area contributed by atoms with Crippen LogP contribution in [0.2, 0.25) is 0 Å². The first-order valence-electron chi connectivity index (χ1n) is 13.0. The number of hydrogen-bond acceptors (Lipinski definition) is 6. The van der Waals surface area contributed by atoms with Gasteiger partial charge in [-0.05, 0) is 73.7 Å². The molecule has 3 aliphatic heterocycles. The fourth-order valence-corrected chi connectivity index (χ4v) is 6.06. The lowest BCUT2D eigenvalue weighted by Gasteiger charge is -2.37. The molecule has 38 heavy (non-hydrogen) atoms. The molecule has 7 heteroatoms. The molecule has 7 nitrogen and oxygen atoms in total. The second-order valence-electron chi connectivity index (χ2n) is 9.97. The van der Waals surface area contributed by atoms with Gasteiger partial charge in [0.15, 0.2) is 0 Å². The molecule has 2 aromatic heterocycles. The molecule has 0 bridgehead atoms. The van der Waals surface area contributed by atoms with Gasteiger partial charge < -0.3 is 10.0 Å². The van der Waals surface area contributed by atoms with Gasteiger partial charge in [0.2, 0.25) is 0 Å². The van der Waals surface area contributed by atoms with Crippen molar-refractivity contribution in [2.75, 3.05) is 16.5 Å². The number of anilines is 2. The molecule has 3 aliphatic rings. The molecule has 4 aromatic rings. The van der Waals surface area contributed by atoms with E-state index in [1.807, 2.05) is 43.5 Å². The molecule has 2 aromatic carbocycles. The van der Waals surface area contributed by atoms with E-state index in [9.17, 15) is 9.90 Å². The maximum atomic E-state index is 11.9. The van der Waals surface area contributed by atoms with Gasteiger partial charge in [-0.3, -0.25) is 15.0 Å². The number of carboxylic acid groups (broad SMARTS) is 1. The maximum absolute atomic E-state index is 11.9. The molecular formula is C31H27N5O2. The van der Waals surface area contributed by atoms with E-state index in [-0.39, 0.29) is 6.04 Å². The van der Waals surface area contributed by atoms with Crippen molar-refractivity contribution in [3.8, 4) is 0 Å². The fourth-order valence-electron chi connectivity index (χ4n) is 6.06. The van der Waals surface area contributed by atoms with Crippen LogP contribution in [0.15, 0.2) is 96.6 Å². The number of nitrogens with zero attached hydrogens (tertiary/aromatic N) is 5. The number of carbonyl (C=O) groups is 1. The second kappa shape index (κ2) is 8.73. The molecule has 0 saturated carbocycles. The highest BCUT2D eigenvalue weighted by atomic mass is 16.4. The number of carboxylic acids is 1. The lowest BCUT2D eigenvalue weighted by molar-refractivity contribution is 0.0697. The molecule has 1 saturated heterocycles. The van der Waals surface area contributed by atoms with Crippen molar-refractivity contribution < 1.29 is 9.90 Å². The van der Waals surface area contributed by atoms with Crippen molar-refractivity contribution in [1.29, 1.82) is 0 Å². The number of fused-ring (bicyclic) bond motifs is 3. The van der Waals surface area contributed by atoms with Gasteiger partial charge in [-0.1, -0.05) is 36.4 Å². The first-order chi connectivity index (χ1) is 18.6.